The summed E-state index contributed by atoms with van der Waals surface area (Å²) in [6, 6.07) is 3.12. The first kappa shape index (κ1) is 12.7. The number of carbonyl (C=O) groups is 1. The van der Waals surface area contributed by atoms with Crippen LogP contribution in [-0.4, -0.2) is 16.2 Å². The molecular formula is C11H14N6O2. The third-order valence-electron chi connectivity index (χ3n) is 2.34. The summed E-state index contributed by atoms with van der Waals surface area (Å²) in [6.45, 7) is 3.60. The van der Waals surface area contributed by atoms with Crippen molar-refractivity contribution in [2.45, 2.75) is 13.8 Å². The van der Waals surface area contributed by atoms with E-state index in [1.807, 2.05) is 13.0 Å². The van der Waals surface area contributed by atoms with E-state index in [9.17, 15) is 4.79 Å². The van der Waals surface area contributed by atoms with Gasteiger partial charge in [-0.25, -0.2) is 9.78 Å². The number of aromatic nitrogens is 2. The van der Waals surface area contributed by atoms with Crippen molar-refractivity contribution in [1.29, 1.82) is 0 Å². The number of hydrazine groups is 1. The SMILES string of the molecule is Cc1ccc(NNC(=O)Nc2c(C)noc2N)nc1. The van der Waals surface area contributed by atoms with Gasteiger partial charge in [0.1, 0.15) is 17.2 Å². The van der Waals surface area contributed by atoms with Gasteiger partial charge in [0.05, 0.1) is 0 Å². The van der Waals surface area contributed by atoms with Gasteiger partial charge in [0.25, 0.3) is 0 Å². The maximum absolute atomic E-state index is 11.6. The van der Waals surface area contributed by atoms with Crippen LogP contribution in [0.5, 0.6) is 0 Å². The van der Waals surface area contributed by atoms with Crippen LogP contribution in [0, 0.1) is 13.8 Å². The lowest BCUT2D eigenvalue weighted by atomic mass is 10.3. The Hall–Kier alpha value is -2.77. The lowest BCUT2D eigenvalue weighted by molar-refractivity contribution is 0.254. The maximum Gasteiger partial charge on any atom is 0.338 e. The minimum atomic E-state index is -0.500. The van der Waals surface area contributed by atoms with Gasteiger partial charge in [0, 0.05) is 6.20 Å². The number of nitrogens with two attached hydrogens (primary N) is 1. The molecule has 0 saturated carbocycles. The zero-order valence-corrected chi connectivity index (χ0v) is 10.5. The molecule has 8 heteroatoms. The van der Waals surface area contributed by atoms with Crippen LogP contribution in [0.3, 0.4) is 0 Å². The van der Waals surface area contributed by atoms with Crippen LogP contribution in [-0.2, 0) is 0 Å². The number of hydrogen-bond acceptors (Lipinski definition) is 6. The number of rotatable bonds is 3. The summed E-state index contributed by atoms with van der Waals surface area (Å²) in [6.07, 6.45) is 1.68. The fourth-order valence-corrected chi connectivity index (χ4v) is 1.35. The van der Waals surface area contributed by atoms with Crippen LogP contribution in [0.25, 0.3) is 0 Å². The highest BCUT2D eigenvalue weighted by atomic mass is 16.5. The number of nitrogens with zero attached hydrogens (tertiary/aromatic N) is 2. The van der Waals surface area contributed by atoms with Crippen molar-refractivity contribution in [2.75, 3.05) is 16.5 Å². The molecule has 0 fully saturated rings. The lowest BCUT2D eigenvalue weighted by Crippen LogP contribution is -2.34. The highest BCUT2D eigenvalue weighted by molar-refractivity contribution is 5.92. The minimum absolute atomic E-state index is 0.0566. The average Bonchev–Trinajstić information content (AvgIpc) is 2.70. The highest BCUT2D eigenvalue weighted by Crippen LogP contribution is 2.21. The second-order valence-corrected chi connectivity index (χ2v) is 3.93. The molecule has 0 aliphatic rings. The molecule has 0 atom stereocenters. The van der Waals surface area contributed by atoms with Crippen molar-refractivity contribution in [3.63, 3.8) is 0 Å². The molecule has 2 aromatic rings. The lowest BCUT2D eigenvalue weighted by Gasteiger charge is -2.08. The molecule has 2 amide bonds. The molecule has 2 aromatic heterocycles. The molecule has 0 aliphatic carbocycles. The number of nitrogens with one attached hydrogen (secondary N) is 3. The zero-order valence-electron chi connectivity index (χ0n) is 10.5. The number of urea groups is 1. The average molecular weight is 262 g/mol. The molecule has 0 saturated heterocycles. The van der Waals surface area contributed by atoms with E-state index in [1.165, 1.54) is 0 Å². The van der Waals surface area contributed by atoms with E-state index in [2.05, 4.69) is 26.3 Å². The van der Waals surface area contributed by atoms with Gasteiger partial charge in [-0.3, -0.25) is 10.9 Å². The number of aryl methyl sites for hydroxylation is 2. The Morgan fingerprint density at radius 1 is 1.37 bits per heavy atom. The number of pyridine rings is 1. The van der Waals surface area contributed by atoms with Crippen LogP contribution < -0.4 is 21.9 Å². The largest absolute Gasteiger partial charge is 0.366 e. The van der Waals surface area contributed by atoms with E-state index >= 15 is 0 Å². The van der Waals surface area contributed by atoms with Gasteiger partial charge in [-0.15, -0.1) is 0 Å². The third-order valence-corrected chi connectivity index (χ3v) is 2.34. The number of amides is 2. The Morgan fingerprint density at radius 3 is 2.74 bits per heavy atom. The Labute approximate surface area is 109 Å². The van der Waals surface area contributed by atoms with E-state index in [4.69, 9.17) is 10.3 Å². The number of hydrogen-bond donors (Lipinski definition) is 4. The standard InChI is InChI=1S/C11H14N6O2/c1-6-3-4-8(13-5-6)15-16-11(18)14-9-7(2)17-19-10(9)12/h3-5H,12H2,1-2H3,(H,13,15)(H2,14,16,18). The van der Waals surface area contributed by atoms with Crippen LogP contribution in [0.1, 0.15) is 11.3 Å². The Kier molecular flexibility index (Phi) is 3.51. The summed E-state index contributed by atoms with van der Waals surface area (Å²) in [4.78, 5) is 15.7. The topological polar surface area (TPSA) is 118 Å². The van der Waals surface area contributed by atoms with Crippen molar-refractivity contribution in [2.24, 2.45) is 0 Å². The second kappa shape index (κ2) is 5.25. The van der Waals surface area contributed by atoms with E-state index in [1.54, 1.807) is 19.2 Å². The molecule has 0 bridgehead atoms. The monoisotopic (exact) mass is 262 g/mol. The summed E-state index contributed by atoms with van der Waals surface area (Å²) in [5.74, 6) is 0.580. The Morgan fingerprint density at radius 2 is 2.16 bits per heavy atom. The summed E-state index contributed by atoms with van der Waals surface area (Å²) >= 11 is 0. The van der Waals surface area contributed by atoms with Crippen LogP contribution in [0.4, 0.5) is 22.2 Å². The molecule has 8 nitrogen and oxygen atoms in total. The van der Waals surface area contributed by atoms with E-state index in [0.29, 0.717) is 17.2 Å². The predicted octanol–water partition coefficient (Wildman–Crippen LogP) is 1.42. The van der Waals surface area contributed by atoms with Crippen LogP contribution >= 0.6 is 0 Å². The van der Waals surface area contributed by atoms with Gasteiger partial charge < -0.3 is 15.6 Å². The summed E-state index contributed by atoms with van der Waals surface area (Å²) in [5, 5.41) is 6.14. The molecule has 0 spiro atoms. The molecule has 5 N–H and O–H groups in total. The van der Waals surface area contributed by atoms with Gasteiger partial charge in [0.15, 0.2) is 0 Å². The van der Waals surface area contributed by atoms with Crippen molar-refractivity contribution < 1.29 is 9.32 Å². The summed E-state index contributed by atoms with van der Waals surface area (Å²) < 4.78 is 4.72. The first-order valence-corrected chi connectivity index (χ1v) is 5.53. The maximum atomic E-state index is 11.6. The molecule has 19 heavy (non-hydrogen) atoms. The Balaban J connectivity index is 1.90. The Bertz CT molecular complexity index is 558. The molecule has 0 aromatic carbocycles. The second-order valence-electron chi connectivity index (χ2n) is 3.93. The van der Waals surface area contributed by atoms with E-state index < -0.39 is 6.03 Å². The third kappa shape index (κ3) is 3.12. The number of anilines is 3. The van der Waals surface area contributed by atoms with Crippen LogP contribution in [0.15, 0.2) is 22.9 Å². The van der Waals surface area contributed by atoms with Gasteiger partial charge in [-0.1, -0.05) is 11.2 Å². The quantitative estimate of drug-likeness (QED) is 0.621. The first-order chi connectivity index (χ1) is 9.06. The van der Waals surface area contributed by atoms with Crippen LogP contribution in [0.2, 0.25) is 0 Å². The van der Waals surface area contributed by atoms with Gasteiger partial charge in [-0.2, -0.15) is 0 Å². The molecular weight excluding hydrogens is 248 g/mol. The van der Waals surface area contributed by atoms with Crippen molar-refractivity contribution >= 4 is 23.4 Å². The van der Waals surface area contributed by atoms with Gasteiger partial charge >= 0.3 is 6.03 Å². The fraction of sp³-hybridized carbons (Fsp3) is 0.182. The summed E-state index contributed by atoms with van der Waals surface area (Å²) in [7, 11) is 0. The summed E-state index contributed by atoms with van der Waals surface area (Å²) in [5.41, 5.74) is 12.5. The van der Waals surface area contributed by atoms with Crippen molar-refractivity contribution in [3.8, 4) is 0 Å². The molecule has 0 radical (unpaired) electrons. The van der Waals surface area contributed by atoms with Gasteiger partial charge in [0.2, 0.25) is 5.88 Å². The number of carbonyl (C=O) groups excluding carboxylic acids is 1. The minimum Gasteiger partial charge on any atom is -0.366 e. The van der Waals surface area contributed by atoms with E-state index in [-0.39, 0.29) is 5.88 Å². The highest BCUT2D eigenvalue weighted by Gasteiger charge is 2.12. The van der Waals surface area contributed by atoms with Gasteiger partial charge in [-0.05, 0) is 25.5 Å². The molecule has 2 rings (SSSR count). The molecule has 100 valence electrons. The van der Waals surface area contributed by atoms with Crippen molar-refractivity contribution in [3.05, 3.63) is 29.6 Å². The zero-order chi connectivity index (χ0) is 13.8. The molecule has 0 unspecified atom stereocenters. The van der Waals surface area contributed by atoms with E-state index in [0.717, 1.165) is 5.56 Å². The van der Waals surface area contributed by atoms with Crippen molar-refractivity contribution in [1.82, 2.24) is 15.6 Å². The fourth-order valence-electron chi connectivity index (χ4n) is 1.35. The molecule has 2 heterocycles. The smallest absolute Gasteiger partial charge is 0.338 e. The normalized spacial score (nSPS) is 10.0. The number of nitrogen functional groups attached to an aromatic ring is 1. The molecule has 0 aliphatic heterocycles. The first-order valence-electron chi connectivity index (χ1n) is 5.53. The predicted molar refractivity (Wildman–Crippen MR) is 70.4 cm³/mol.